The average molecular weight is 405 g/mol. The Hall–Kier alpha value is -3.00. The van der Waals surface area contributed by atoms with E-state index in [1.807, 2.05) is 0 Å². The van der Waals surface area contributed by atoms with Crippen molar-refractivity contribution in [3.63, 3.8) is 0 Å². The monoisotopic (exact) mass is 404 g/mol. The van der Waals surface area contributed by atoms with E-state index in [4.69, 9.17) is 11.6 Å². The molecular weight excluding hydrogens is 390 g/mol. The van der Waals surface area contributed by atoms with Gasteiger partial charge in [0.2, 0.25) is 5.91 Å². The minimum absolute atomic E-state index is 0.224. The smallest absolute Gasteiger partial charge is 0.295 e. The van der Waals surface area contributed by atoms with Crippen molar-refractivity contribution in [2.45, 2.75) is 18.9 Å². The number of aromatic nitrogens is 2. The number of carbonyl (C=O) groups excluding carboxylic acids is 2. The Morgan fingerprint density at radius 1 is 1.29 bits per heavy atom. The number of alkyl halides is 2. The molecule has 0 radical (unpaired) electrons. The summed E-state index contributed by atoms with van der Waals surface area (Å²) < 4.78 is 25.5. The fourth-order valence-electron chi connectivity index (χ4n) is 3.23. The van der Waals surface area contributed by atoms with E-state index in [1.54, 1.807) is 29.2 Å². The Balaban J connectivity index is 1.49. The first-order valence-electron chi connectivity index (χ1n) is 8.58. The molecule has 6 nitrogen and oxygen atoms in total. The molecule has 4 rings (SSSR count). The summed E-state index contributed by atoms with van der Waals surface area (Å²) in [4.78, 5) is 33.0. The summed E-state index contributed by atoms with van der Waals surface area (Å²) in [5.41, 5.74) is 1.61. The van der Waals surface area contributed by atoms with Gasteiger partial charge >= 0.3 is 0 Å². The maximum absolute atomic E-state index is 12.8. The highest BCUT2D eigenvalue weighted by atomic mass is 35.5. The number of anilines is 1. The molecule has 1 aliphatic heterocycles. The van der Waals surface area contributed by atoms with Crippen LogP contribution in [-0.4, -0.2) is 34.4 Å². The third-order valence-electron chi connectivity index (χ3n) is 4.60. The third-order valence-corrected chi connectivity index (χ3v) is 4.83. The van der Waals surface area contributed by atoms with Crippen LogP contribution in [0.5, 0.6) is 0 Å². The summed E-state index contributed by atoms with van der Waals surface area (Å²) in [6, 6.07) is 10.7. The summed E-state index contributed by atoms with van der Waals surface area (Å²) in [5, 5.41) is 3.23. The molecule has 2 N–H and O–H groups in total. The lowest BCUT2D eigenvalue weighted by atomic mass is 10.1. The minimum atomic E-state index is -2.72. The Labute approximate surface area is 163 Å². The van der Waals surface area contributed by atoms with Gasteiger partial charge in [-0.1, -0.05) is 17.7 Å². The SMILES string of the molecule is O=C(NC1CCN(c2cccc(Cl)c2)C1=O)c1ccc2nc(C(F)F)[nH]c2c1. The number of halogens is 3. The standard InChI is InChI=1S/C19H15ClF2N4O2/c20-11-2-1-3-12(9-11)26-7-6-14(19(26)28)25-18(27)10-4-5-13-15(8-10)24-17(23-13)16(21)22/h1-5,8-9,14,16H,6-7H2,(H,23,24)(H,25,27). The number of amides is 2. The van der Waals surface area contributed by atoms with Crippen LogP contribution >= 0.6 is 11.6 Å². The second-order valence-corrected chi connectivity index (χ2v) is 6.88. The molecule has 9 heteroatoms. The number of imidazole rings is 1. The number of nitrogens with one attached hydrogen (secondary N) is 2. The molecule has 2 heterocycles. The van der Waals surface area contributed by atoms with Crippen LogP contribution in [0.1, 0.15) is 29.0 Å². The van der Waals surface area contributed by atoms with E-state index in [0.717, 1.165) is 0 Å². The molecule has 1 unspecified atom stereocenters. The Morgan fingerprint density at radius 2 is 2.11 bits per heavy atom. The van der Waals surface area contributed by atoms with Gasteiger partial charge in [-0.05, 0) is 42.8 Å². The highest BCUT2D eigenvalue weighted by Crippen LogP contribution is 2.25. The van der Waals surface area contributed by atoms with Crippen LogP contribution in [0.4, 0.5) is 14.5 Å². The third kappa shape index (κ3) is 3.43. The molecule has 2 aromatic carbocycles. The lowest BCUT2D eigenvalue weighted by Gasteiger charge is -2.17. The summed E-state index contributed by atoms with van der Waals surface area (Å²) >= 11 is 5.98. The number of carbonyl (C=O) groups is 2. The molecule has 0 bridgehead atoms. The predicted octanol–water partition coefficient (Wildman–Crippen LogP) is 3.69. The van der Waals surface area contributed by atoms with E-state index in [0.29, 0.717) is 34.7 Å². The van der Waals surface area contributed by atoms with Crippen LogP contribution in [0.25, 0.3) is 11.0 Å². The fourth-order valence-corrected chi connectivity index (χ4v) is 3.41. The van der Waals surface area contributed by atoms with Gasteiger partial charge in [-0.15, -0.1) is 0 Å². The maximum Gasteiger partial charge on any atom is 0.295 e. The molecule has 1 aromatic heterocycles. The molecule has 0 saturated carbocycles. The minimum Gasteiger partial charge on any atom is -0.340 e. The largest absolute Gasteiger partial charge is 0.340 e. The zero-order valence-electron chi connectivity index (χ0n) is 14.5. The van der Waals surface area contributed by atoms with Crippen molar-refractivity contribution in [3.05, 3.63) is 58.9 Å². The number of benzene rings is 2. The van der Waals surface area contributed by atoms with E-state index in [2.05, 4.69) is 15.3 Å². The van der Waals surface area contributed by atoms with Crippen LogP contribution in [0, 0.1) is 0 Å². The number of hydrogen-bond donors (Lipinski definition) is 2. The molecule has 1 aliphatic rings. The van der Waals surface area contributed by atoms with Gasteiger partial charge in [0.1, 0.15) is 6.04 Å². The number of fused-ring (bicyclic) bond motifs is 1. The van der Waals surface area contributed by atoms with Crippen LogP contribution in [-0.2, 0) is 4.79 Å². The van der Waals surface area contributed by atoms with Crippen molar-refractivity contribution in [3.8, 4) is 0 Å². The second-order valence-electron chi connectivity index (χ2n) is 6.44. The molecular formula is C19H15ClF2N4O2. The van der Waals surface area contributed by atoms with Crippen molar-refractivity contribution in [1.29, 1.82) is 0 Å². The second kappa shape index (κ2) is 7.20. The van der Waals surface area contributed by atoms with E-state index < -0.39 is 24.2 Å². The lowest BCUT2D eigenvalue weighted by Crippen LogP contribution is -2.41. The summed E-state index contributed by atoms with van der Waals surface area (Å²) in [7, 11) is 0. The number of rotatable bonds is 4. The molecule has 1 saturated heterocycles. The first-order chi connectivity index (χ1) is 13.4. The Kier molecular flexibility index (Phi) is 4.72. The molecule has 3 aromatic rings. The molecule has 2 amide bonds. The number of nitrogens with zero attached hydrogens (tertiary/aromatic N) is 2. The lowest BCUT2D eigenvalue weighted by molar-refractivity contribution is -0.118. The van der Waals surface area contributed by atoms with Crippen molar-refractivity contribution in [2.75, 3.05) is 11.4 Å². The number of hydrogen-bond acceptors (Lipinski definition) is 3. The Bertz CT molecular complexity index is 1070. The molecule has 0 spiro atoms. The van der Waals surface area contributed by atoms with Gasteiger partial charge < -0.3 is 15.2 Å². The summed E-state index contributed by atoms with van der Waals surface area (Å²) in [6.07, 6.45) is -2.27. The molecule has 144 valence electrons. The van der Waals surface area contributed by atoms with Gasteiger partial charge in [-0.2, -0.15) is 0 Å². The topological polar surface area (TPSA) is 78.1 Å². The van der Waals surface area contributed by atoms with Gasteiger partial charge in [0.15, 0.2) is 5.82 Å². The summed E-state index contributed by atoms with van der Waals surface area (Å²) in [6.45, 7) is 0.460. The van der Waals surface area contributed by atoms with Crippen molar-refractivity contribution in [2.24, 2.45) is 0 Å². The predicted molar refractivity (Wildman–Crippen MR) is 101 cm³/mol. The maximum atomic E-state index is 12.8. The van der Waals surface area contributed by atoms with Gasteiger partial charge in [0.05, 0.1) is 11.0 Å². The van der Waals surface area contributed by atoms with E-state index in [-0.39, 0.29) is 11.5 Å². The van der Waals surface area contributed by atoms with Gasteiger partial charge in [0, 0.05) is 22.8 Å². The average Bonchev–Trinajstić information content (AvgIpc) is 3.25. The highest BCUT2D eigenvalue weighted by Gasteiger charge is 2.33. The fraction of sp³-hybridized carbons (Fsp3) is 0.211. The van der Waals surface area contributed by atoms with E-state index in [1.165, 1.54) is 18.2 Å². The van der Waals surface area contributed by atoms with Crippen LogP contribution in [0.2, 0.25) is 5.02 Å². The molecule has 28 heavy (non-hydrogen) atoms. The van der Waals surface area contributed by atoms with Crippen molar-refractivity contribution < 1.29 is 18.4 Å². The van der Waals surface area contributed by atoms with Crippen molar-refractivity contribution in [1.82, 2.24) is 15.3 Å². The van der Waals surface area contributed by atoms with E-state index in [9.17, 15) is 18.4 Å². The first-order valence-corrected chi connectivity index (χ1v) is 8.96. The van der Waals surface area contributed by atoms with Crippen LogP contribution in [0.3, 0.4) is 0 Å². The van der Waals surface area contributed by atoms with E-state index >= 15 is 0 Å². The van der Waals surface area contributed by atoms with Gasteiger partial charge in [-0.25, -0.2) is 13.8 Å². The number of H-pyrrole nitrogens is 1. The zero-order chi connectivity index (χ0) is 19.8. The molecule has 0 aliphatic carbocycles. The van der Waals surface area contributed by atoms with Crippen LogP contribution < -0.4 is 10.2 Å². The van der Waals surface area contributed by atoms with Gasteiger partial charge in [0.25, 0.3) is 12.3 Å². The van der Waals surface area contributed by atoms with Crippen LogP contribution in [0.15, 0.2) is 42.5 Å². The molecule has 1 atom stereocenters. The molecule has 1 fully saturated rings. The highest BCUT2D eigenvalue weighted by molar-refractivity contribution is 6.31. The Morgan fingerprint density at radius 3 is 2.86 bits per heavy atom. The van der Waals surface area contributed by atoms with Crippen molar-refractivity contribution >= 4 is 40.1 Å². The van der Waals surface area contributed by atoms with Gasteiger partial charge in [-0.3, -0.25) is 9.59 Å². The normalized spacial score (nSPS) is 16.9. The first kappa shape index (κ1) is 18.4. The number of aromatic amines is 1. The quantitative estimate of drug-likeness (QED) is 0.696. The summed E-state index contributed by atoms with van der Waals surface area (Å²) in [5.74, 6) is -1.13. The zero-order valence-corrected chi connectivity index (χ0v) is 15.2.